The smallest absolute Gasteiger partial charge is 0.322 e. The zero-order valence-corrected chi connectivity index (χ0v) is 13.0. The predicted octanol–water partition coefficient (Wildman–Crippen LogP) is 2.53. The van der Waals surface area contributed by atoms with Gasteiger partial charge in [-0.05, 0) is 26.9 Å². The number of hydrogen-bond donors (Lipinski definition) is 1. The molecule has 1 aromatic carbocycles. The van der Waals surface area contributed by atoms with Crippen LogP contribution in [0.4, 0.5) is 19.3 Å². The maximum atomic E-state index is 13.7. The molecule has 2 rings (SSSR count). The van der Waals surface area contributed by atoms with Crippen LogP contribution in [0, 0.1) is 11.6 Å². The van der Waals surface area contributed by atoms with Crippen molar-refractivity contribution in [2.45, 2.75) is 19.4 Å². The third kappa shape index (κ3) is 3.65. The van der Waals surface area contributed by atoms with Gasteiger partial charge in [0.2, 0.25) is 0 Å². The number of hydrogen-bond acceptors (Lipinski definition) is 3. The zero-order valence-electron chi connectivity index (χ0n) is 13.0. The van der Waals surface area contributed by atoms with Crippen molar-refractivity contribution in [3.8, 4) is 5.75 Å². The fraction of sp³-hybridized carbons (Fsp3) is 0.533. The quantitative estimate of drug-likeness (QED) is 0.912. The van der Waals surface area contributed by atoms with Crippen LogP contribution >= 0.6 is 0 Å². The van der Waals surface area contributed by atoms with Crippen LogP contribution in [0.25, 0.3) is 0 Å². The lowest BCUT2D eigenvalue weighted by Gasteiger charge is -2.27. The fourth-order valence-corrected chi connectivity index (χ4v) is 2.50. The van der Waals surface area contributed by atoms with Gasteiger partial charge < -0.3 is 19.9 Å². The minimum atomic E-state index is -0.846. The van der Waals surface area contributed by atoms with Gasteiger partial charge in [-0.1, -0.05) is 0 Å². The van der Waals surface area contributed by atoms with Crippen LogP contribution in [-0.2, 0) is 0 Å². The van der Waals surface area contributed by atoms with Gasteiger partial charge in [-0.25, -0.2) is 13.6 Å². The molecule has 7 heteroatoms. The molecule has 0 unspecified atom stereocenters. The molecule has 5 nitrogen and oxygen atoms in total. The Kier molecular flexibility index (Phi) is 5.18. The first kappa shape index (κ1) is 16.5. The number of nitrogens with zero attached hydrogens (tertiary/aromatic N) is 2. The highest BCUT2D eigenvalue weighted by molar-refractivity contribution is 5.89. The number of ether oxygens (including phenoxy) is 1. The Morgan fingerprint density at radius 2 is 1.91 bits per heavy atom. The van der Waals surface area contributed by atoms with Crippen LogP contribution in [-0.4, -0.2) is 55.7 Å². The lowest BCUT2D eigenvalue weighted by atomic mass is 10.2. The fourth-order valence-electron chi connectivity index (χ4n) is 2.50. The number of anilines is 1. The molecule has 0 bridgehead atoms. The van der Waals surface area contributed by atoms with Crippen LogP contribution < -0.4 is 10.1 Å². The Bertz CT molecular complexity index is 531. The first-order valence-electron chi connectivity index (χ1n) is 7.21. The molecule has 0 saturated carbocycles. The summed E-state index contributed by atoms with van der Waals surface area (Å²) in [4.78, 5) is 16.2. The summed E-state index contributed by atoms with van der Waals surface area (Å²) in [7, 11) is 3.19. The second-order valence-electron chi connectivity index (χ2n) is 5.54. The van der Waals surface area contributed by atoms with Crippen LogP contribution in [0.3, 0.4) is 0 Å². The number of urea groups is 1. The Balaban J connectivity index is 2.11. The van der Waals surface area contributed by atoms with Gasteiger partial charge in [0.05, 0.1) is 7.11 Å². The van der Waals surface area contributed by atoms with E-state index in [9.17, 15) is 13.6 Å². The molecule has 1 atom stereocenters. The molecule has 0 spiro atoms. The minimum Gasteiger partial charge on any atom is -0.491 e. The number of likely N-dealkylation sites (N-methyl/N-ethyl adjacent to an activating group) is 1. The molecule has 1 heterocycles. The SMILES string of the molecule is COc1c(F)cc(NC(=O)N2CCN(C)CC[C@H]2C)cc1F. The molecule has 1 aliphatic rings. The summed E-state index contributed by atoms with van der Waals surface area (Å²) in [5.74, 6) is -2.15. The summed E-state index contributed by atoms with van der Waals surface area (Å²) in [6.07, 6.45) is 0.856. The number of nitrogens with one attached hydrogen (secondary N) is 1. The molecule has 0 aromatic heterocycles. The summed E-state index contributed by atoms with van der Waals surface area (Å²) < 4.78 is 31.9. The van der Waals surface area contributed by atoms with E-state index in [1.54, 1.807) is 4.90 Å². The van der Waals surface area contributed by atoms with E-state index in [1.807, 2.05) is 14.0 Å². The van der Waals surface area contributed by atoms with Crippen molar-refractivity contribution in [3.05, 3.63) is 23.8 Å². The molecule has 1 aromatic rings. The van der Waals surface area contributed by atoms with Crippen molar-refractivity contribution in [1.29, 1.82) is 0 Å². The average molecular weight is 313 g/mol. The van der Waals surface area contributed by atoms with Gasteiger partial charge in [0.1, 0.15) is 0 Å². The number of carbonyl (C=O) groups excluding carboxylic acids is 1. The highest BCUT2D eigenvalue weighted by Gasteiger charge is 2.24. The maximum Gasteiger partial charge on any atom is 0.322 e. The van der Waals surface area contributed by atoms with Crippen molar-refractivity contribution in [1.82, 2.24) is 9.80 Å². The van der Waals surface area contributed by atoms with Gasteiger partial charge >= 0.3 is 6.03 Å². The van der Waals surface area contributed by atoms with Crippen molar-refractivity contribution < 1.29 is 18.3 Å². The largest absolute Gasteiger partial charge is 0.491 e. The van der Waals surface area contributed by atoms with Crippen LogP contribution in [0.1, 0.15) is 13.3 Å². The number of amides is 2. The molecule has 0 aliphatic carbocycles. The van der Waals surface area contributed by atoms with E-state index < -0.39 is 17.4 Å². The lowest BCUT2D eigenvalue weighted by molar-refractivity contribution is 0.195. The van der Waals surface area contributed by atoms with E-state index >= 15 is 0 Å². The summed E-state index contributed by atoms with van der Waals surface area (Å²) >= 11 is 0. The number of carbonyl (C=O) groups is 1. The lowest BCUT2D eigenvalue weighted by Crippen LogP contribution is -2.42. The highest BCUT2D eigenvalue weighted by atomic mass is 19.1. The Hall–Kier alpha value is -1.89. The Morgan fingerprint density at radius 1 is 1.27 bits per heavy atom. The molecule has 2 amide bonds. The molecule has 0 radical (unpaired) electrons. The van der Waals surface area contributed by atoms with E-state index in [4.69, 9.17) is 0 Å². The van der Waals surface area contributed by atoms with Gasteiger partial charge in [-0.3, -0.25) is 0 Å². The monoisotopic (exact) mass is 313 g/mol. The van der Waals surface area contributed by atoms with Crippen LogP contribution in [0.5, 0.6) is 5.75 Å². The molecular weight excluding hydrogens is 292 g/mol. The summed E-state index contributed by atoms with van der Waals surface area (Å²) in [6, 6.07) is 1.81. The van der Waals surface area contributed by atoms with E-state index in [2.05, 4.69) is 15.0 Å². The topological polar surface area (TPSA) is 44.8 Å². The second-order valence-corrected chi connectivity index (χ2v) is 5.54. The van der Waals surface area contributed by atoms with E-state index in [1.165, 1.54) is 7.11 Å². The molecule has 1 saturated heterocycles. The van der Waals surface area contributed by atoms with E-state index in [0.29, 0.717) is 6.54 Å². The van der Waals surface area contributed by atoms with E-state index in [-0.39, 0.29) is 17.8 Å². The molecule has 122 valence electrons. The zero-order chi connectivity index (χ0) is 16.3. The average Bonchev–Trinajstić information content (AvgIpc) is 2.60. The van der Waals surface area contributed by atoms with Gasteiger partial charge in [0, 0.05) is 37.0 Å². The predicted molar refractivity (Wildman–Crippen MR) is 80.2 cm³/mol. The van der Waals surface area contributed by atoms with Crippen LogP contribution in [0.15, 0.2) is 12.1 Å². The van der Waals surface area contributed by atoms with Crippen LogP contribution in [0.2, 0.25) is 0 Å². The van der Waals surface area contributed by atoms with Crippen molar-refractivity contribution >= 4 is 11.7 Å². The standard InChI is InChI=1S/C15H21F2N3O2/c1-10-4-5-19(2)6-7-20(10)15(21)18-11-8-12(16)14(22-3)13(17)9-11/h8-10H,4-7H2,1-3H3,(H,18,21)/t10-/m1/s1. The molecular formula is C15H21F2N3O2. The van der Waals surface area contributed by atoms with Crippen molar-refractivity contribution in [2.24, 2.45) is 0 Å². The van der Waals surface area contributed by atoms with Gasteiger partial charge in [-0.2, -0.15) is 0 Å². The van der Waals surface area contributed by atoms with Gasteiger partial charge in [0.15, 0.2) is 17.4 Å². The van der Waals surface area contributed by atoms with Crippen molar-refractivity contribution in [2.75, 3.05) is 39.1 Å². The molecule has 1 aliphatic heterocycles. The first-order valence-corrected chi connectivity index (χ1v) is 7.21. The summed E-state index contributed by atoms with van der Waals surface area (Å²) in [5.41, 5.74) is 0.0746. The third-order valence-corrected chi connectivity index (χ3v) is 3.90. The Morgan fingerprint density at radius 3 is 2.50 bits per heavy atom. The van der Waals surface area contributed by atoms with Gasteiger partial charge in [-0.15, -0.1) is 0 Å². The third-order valence-electron chi connectivity index (χ3n) is 3.90. The normalized spacial score (nSPS) is 19.7. The number of methoxy groups -OCH3 is 1. The Labute approximate surface area is 128 Å². The summed E-state index contributed by atoms with van der Waals surface area (Å²) in [5, 5.41) is 2.55. The first-order chi connectivity index (χ1) is 10.4. The maximum absolute atomic E-state index is 13.7. The summed E-state index contributed by atoms with van der Waals surface area (Å²) in [6.45, 7) is 4.22. The van der Waals surface area contributed by atoms with Crippen molar-refractivity contribution in [3.63, 3.8) is 0 Å². The molecule has 1 fully saturated rings. The van der Waals surface area contributed by atoms with E-state index in [0.717, 1.165) is 31.6 Å². The molecule has 22 heavy (non-hydrogen) atoms. The number of rotatable bonds is 2. The number of benzene rings is 1. The molecule has 1 N–H and O–H groups in total. The number of halogens is 2. The minimum absolute atomic E-state index is 0.0675. The second kappa shape index (κ2) is 6.91. The van der Waals surface area contributed by atoms with Gasteiger partial charge in [0.25, 0.3) is 0 Å². The highest BCUT2D eigenvalue weighted by Crippen LogP contribution is 2.25.